The van der Waals surface area contributed by atoms with Crippen LogP contribution in [0.3, 0.4) is 0 Å². The van der Waals surface area contributed by atoms with Crippen molar-refractivity contribution in [3.05, 3.63) is 48.0 Å². The van der Waals surface area contributed by atoms with Crippen LogP contribution in [0.4, 0.5) is 0 Å². The van der Waals surface area contributed by atoms with Crippen molar-refractivity contribution in [2.45, 2.75) is 40.7 Å². The molecule has 1 rings (SSSR count). The Bertz CT molecular complexity index is 426. The summed E-state index contributed by atoms with van der Waals surface area (Å²) in [5.41, 5.74) is 0.879. The molecule has 104 valence electrons. The van der Waals surface area contributed by atoms with Crippen molar-refractivity contribution in [2.75, 3.05) is 0 Å². The number of hydrogen-bond donors (Lipinski definition) is 0. The minimum atomic E-state index is -0.219. The molecule has 0 saturated carbocycles. The van der Waals surface area contributed by atoms with Gasteiger partial charge in [0.15, 0.2) is 0 Å². The molecule has 1 aromatic rings. The van der Waals surface area contributed by atoms with Gasteiger partial charge in [-0.25, -0.2) is 0 Å². The van der Waals surface area contributed by atoms with Gasteiger partial charge in [-0.3, -0.25) is 4.79 Å². The zero-order valence-corrected chi connectivity index (χ0v) is 12.5. The van der Waals surface area contributed by atoms with Crippen molar-refractivity contribution in [2.24, 2.45) is 11.3 Å². The highest BCUT2D eigenvalue weighted by molar-refractivity contribution is 5.75. The molecule has 2 unspecified atom stereocenters. The number of allylic oxidation sites excluding steroid dienone is 1. The molecular weight excluding hydrogens is 236 g/mol. The van der Waals surface area contributed by atoms with E-state index in [1.54, 1.807) is 0 Å². The second-order valence-corrected chi connectivity index (χ2v) is 5.86. The summed E-state index contributed by atoms with van der Waals surface area (Å²) < 4.78 is 5.59. The number of ether oxygens (including phenoxy) is 1. The number of benzene rings is 1. The van der Waals surface area contributed by atoms with E-state index in [0.29, 0.717) is 0 Å². The molecule has 0 spiro atoms. The van der Waals surface area contributed by atoms with Gasteiger partial charge in [0.1, 0.15) is 6.10 Å². The van der Waals surface area contributed by atoms with Crippen molar-refractivity contribution in [3.8, 4) is 0 Å². The first kappa shape index (κ1) is 15.5. The molecule has 2 heteroatoms. The third kappa shape index (κ3) is 4.55. The first-order chi connectivity index (χ1) is 8.86. The van der Waals surface area contributed by atoms with Crippen LogP contribution in [0.1, 0.15) is 46.3 Å². The second kappa shape index (κ2) is 6.55. The molecule has 0 aliphatic heterocycles. The maximum atomic E-state index is 12.3. The molecule has 0 aromatic heterocycles. The largest absolute Gasteiger partial charge is 0.457 e. The molecule has 0 heterocycles. The lowest BCUT2D eigenvalue weighted by Crippen LogP contribution is -2.29. The summed E-state index contributed by atoms with van der Waals surface area (Å²) in [4.78, 5) is 12.3. The van der Waals surface area contributed by atoms with E-state index in [9.17, 15) is 4.79 Å². The molecule has 0 N–H and O–H groups in total. The molecular formula is C17H24O2. The number of hydrogen-bond acceptors (Lipinski definition) is 2. The molecule has 1 aromatic carbocycles. The van der Waals surface area contributed by atoms with Crippen molar-refractivity contribution in [1.29, 1.82) is 0 Å². The number of rotatable bonds is 4. The Morgan fingerprint density at radius 3 is 2.26 bits per heavy atom. The van der Waals surface area contributed by atoms with Crippen LogP contribution in [0.25, 0.3) is 0 Å². The third-order valence-electron chi connectivity index (χ3n) is 3.13. The zero-order chi connectivity index (χ0) is 14.5. The van der Waals surface area contributed by atoms with E-state index in [1.165, 1.54) is 0 Å². The van der Waals surface area contributed by atoms with E-state index >= 15 is 0 Å². The Morgan fingerprint density at radius 2 is 1.79 bits per heavy atom. The smallest absolute Gasteiger partial charge is 0.313 e. The lowest BCUT2D eigenvalue weighted by molar-refractivity contribution is -0.155. The molecule has 2 atom stereocenters. The Hall–Kier alpha value is -1.57. The normalized spacial score (nSPS) is 15.2. The van der Waals surface area contributed by atoms with Crippen molar-refractivity contribution in [1.82, 2.24) is 0 Å². The van der Waals surface area contributed by atoms with Crippen molar-refractivity contribution < 1.29 is 9.53 Å². The van der Waals surface area contributed by atoms with Gasteiger partial charge in [0.05, 0.1) is 5.92 Å². The average molecular weight is 260 g/mol. The summed E-state index contributed by atoms with van der Waals surface area (Å²) in [7, 11) is 0. The van der Waals surface area contributed by atoms with E-state index in [2.05, 4.69) is 0 Å². The van der Waals surface area contributed by atoms with Gasteiger partial charge < -0.3 is 4.74 Å². The van der Waals surface area contributed by atoms with Gasteiger partial charge in [0.25, 0.3) is 0 Å². The van der Waals surface area contributed by atoms with Crippen LogP contribution >= 0.6 is 0 Å². The van der Waals surface area contributed by atoms with Crippen LogP contribution in [0.15, 0.2) is 42.5 Å². The lowest BCUT2D eigenvalue weighted by atomic mass is 9.80. The molecule has 0 radical (unpaired) electrons. The second-order valence-electron chi connectivity index (χ2n) is 5.86. The van der Waals surface area contributed by atoms with E-state index in [1.807, 2.05) is 77.1 Å². The molecule has 19 heavy (non-hydrogen) atoms. The maximum Gasteiger partial charge on any atom is 0.313 e. The van der Waals surface area contributed by atoms with Gasteiger partial charge in [-0.1, -0.05) is 63.3 Å². The number of carbonyl (C=O) groups excluding carboxylic acids is 1. The summed E-state index contributed by atoms with van der Waals surface area (Å²) in [6.07, 6.45) is 3.61. The first-order valence-corrected chi connectivity index (χ1v) is 6.74. The van der Waals surface area contributed by atoms with E-state index in [-0.39, 0.29) is 23.4 Å². The molecule has 0 bridgehead atoms. The predicted octanol–water partition coefficient (Wildman–Crippen LogP) is 4.53. The van der Waals surface area contributed by atoms with Gasteiger partial charge >= 0.3 is 5.97 Å². The SMILES string of the molecule is C/C=C\C(C(=O)OC(C)c1ccccc1)C(C)(C)C. The summed E-state index contributed by atoms with van der Waals surface area (Å²) >= 11 is 0. The Kier molecular flexibility index (Phi) is 5.34. The Labute approximate surface area is 116 Å². The van der Waals surface area contributed by atoms with Crippen LogP contribution in [0.2, 0.25) is 0 Å². The summed E-state index contributed by atoms with van der Waals surface area (Å²) in [6, 6.07) is 9.80. The number of carbonyl (C=O) groups is 1. The molecule has 0 fully saturated rings. The molecule has 2 nitrogen and oxygen atoms in total. The van der Waals surface area contributed by atoms with Crippen LogP contribution in [0, 0.1) is 11.3 Å². The highest BCUT2D eigenvalue weighted by Gasteiger charge is 2.31. The van der Waals surface area contributed by atoms with Crippen LogP contribution in [-0.2, 0) is 9.53 Å². The molecule has 0 saturated heterocycles. The summed E-state index contributed by atoms with van der Waals surface area (Å²) in [5.74, 6) is -0.384. The van der Waals surface area contributed by atoms with Gasteiger partial charge in [-0.05, 0) is 24.8 Å². The van der Waals surface area contributed by atoms with Gasteiger partial charge in [0, 0.05) is 0 Å². The quantitative estimate of drug-likeness (QED) is 0.587. The van der Waals surface area contributed by atoms with E-state index in [4.69, 9.17) is 4.74 Å². The van der Waals surface area contributed by atoms with Gasteiger partial charge in [0.2, 0.25) is 0 Å². The van der Waals surface area contributed by atoms with E-state index < -0.39 is 0 Å². The fourth-order valence-electron chi connectivity index (χ4n) is 1.95. The van der Waals surface area contributed by atoms with Crippen LogP contribution in [-0.4, -0.2) is 5.97 Å². The fourth-order valence-corrected chi connectivity index (χ4v) is 1.95. The average Bonchev–Trinajstić information content (AvgIpc) is 2.35. The third-order valence-corrected chi connectivity index (χ3v) is 3.13. The molecule has 0 aliphatic rings. The lowest BCUT2D eigenvalue weighted by Gasteiger charge is -2.27. The topological polar surface area (TPSA) is 26.3 Å². The highest BCUT2D eigenvalue weighted by atomic mass is 16.5. The van der Waals surface area contributed by atoms with Crippen molar-refractivity contribution in [3.63, 3.8) is 0 Å². The summed E-state index contributed by atoms with van der Waals surface area (Å²) in [6.45, 7) is 9.97. The van der Waals surface area contributed by atoms with Gasteiger partial charge in [-0.15, -0.1) is 0 Å². The van der Waals surface area contributed by atoms with Gasteiger partial charge in [-0.2, -0.15) is 0 Å². The van der Waals surface area contributed by atoms with Crippen molar-refractivity contribution >= 4 is 5.97 Å². The monoisotopic (exact) mass is 260 g/mol. The minimum Gasteiger partial charge on any atom is -0.457 e. The number of esters is 1. The van der Waals surface area contributed by atoms with Crippen LogP contribution in [0.5, 0.6) is 0 Å². The predicted molar refractivity (Wildman–Crippen MR) is 78.7 cm³/mol. The molecule has 0 amide bonds. The standard InChI is InChI=1S/C17H24O2/c1-6-10-15(17(3,4)5)16(18)19-13(2)14-11-8-7-9-12-14/h6-13,15H,1-5H3/b10-6-. The Balaban J connectivity index is 2.78. The highest BCUT2D eigenvalue weighted by Crippen LogP contribution is 2.30. The van der Waals surface area contributed by atoms with Crippen LogP contribution < -0.4 is 0 Å². The maximum absolute atomic E-state index is 12.3. The minimum absolute atomic E-state index is 0.139. The first-order valence-electron chi connectivity index (χ1n) is 6.74. The fraction of sp³-hybridized carbons (Fsp3) is 0.471. The zero-order valence-electron chi connectivity index (χ0n) is 12.5. The Morgan fingerprint density at radius 1 is 1.21 bits per heavy atom. The molecule has 0 aliphatic carbocycles. The summed E-state index contributed by atoms with van der Waals surface area (Å²) in [5, 5.41) is 0. The van der Waals surface area contributed by atoms with E-state index in [0.717, 1.165) is 5.56 Å².